The normalized spacial score (nSPS) is 10.0. The second-order valence-electron chi connectivity index (χ2n) is 3.97. The zero-order valence-electron chi connectivity index (χ0n) is 10.2. The highest BCUT2D eigenvalue weighted by atomic mass is 35.5. The molecule has 0 aliphatic heterocycles. The summed E-state index contributed by atoms with van der Waals surface area (Å²) in [6.45, 7) is 0. The van der Waals surface area contributed by atoms with E-state index in [-0.39, 0.29) is 5.69 Å². The number of nitro benzene ring substituents is 1. The minimum absolute atomic E-state index is 0.0753. The van der Waals surface area contributed by atoms with Crippen LogP contribution in [0, 0.1) is 21.4 Å². The van der Waals surface area contributed by atoms with Crippen molar-refractivity contribution in [3.63, 3.8) is 0 Å². The van der Waals surface area contributed by atoms with Gasteiger partial charge in [0.2, 0.25) is 0 Å². The Bertz CT molecular complexity index is 698. The van der Waals surface area contributed by atoms with Crippen molar-refractivity contribution in [1.29, 1.82) is 5.26 Å². The van der Waals surface area contributed by atoms with E-state index in [2.05, 4.69) is 0 Å². The molecule has 0 aromatic heterocycles. The van der Waals surface area contributed by atoms with E-state index in [0.717, 1.165) is 10.5 Å². The van der Waals surface area contributed by atoms with Crippen molar-refractivity contribution in [2.75, 3.05) is 0 Å². The van der Waals surface area contributed by atoms with Gasteiger partial charge in [-0.15, -0.1) is 11.8 Å². The Kier molecular flexibility index (Phi) is 4.61. The summed E-state index contributed by atoms with van der Waals surface area (Å²) in [6, 6.07) is 13.7. The van der Waals surface area contributed by atoms with Crippen LogP contribution in [0.2, 0.25) is 5.02 Å². The molecule has 2 aromatic carbocycles. The van der Waals surface area contributed by atoms with Crippen LogP contribution in [0.1, 0.15) is 11.1 Å². The fourth-order valence-electron chi connectivity index (χ4n) is 1.63. The van der Waals surface area contributed by atoms with Crippen LogP contribution < -0.4 is 0 Å². The van der Waals surface area contributed by atoms with Gasteiger partial charge in [-0.25, -0.2) is 0 Å². The standard InChI is InChI=1S/C14H9ClN2O2S/c15-12-3-1-2-10(6-12)9-20-14-5-4-13(17(18)19)7-11(14)8-16/h1-7H,9H2. The molecule has 6 heteroatoms. The molecule has 0 aliphatic rings. The number of rotatable bonds is 4. The van der Waals surface area contributed by atoms with Gasteiger partial charge < -0.3 is 0 Å². The fraction of sp³-hybridized carbons (Fsp3) is 0.0714. The minimum atomic E-state index is -0.508. The monoisotopic (exact) mass is 304 g/mol. The van der Waals surface area contributed by atoms with Crippen LogP contribution in [0.4, 0.5) is 5.69 Å². The van der Waals surface area contributed by atoms with Crippen LogP contribution in [0.15, 0.2) is 47.4 Å². The molecule has 0 unspecified atom stereocenters. The highest BCUT2D eigenvalue weighted by Gasteiger charge is 2.11. The maximum absolute atomic E-state index is 10.7. The Labute approximate surface area is 125 Å². The fourth-order valence-corrected chi connectivity index (χ4v) is 2.77. The van der Waals surface area contributed by atoms with E-state index in [1.165, 1.54) is 23.9 Å². The summed E-state index contributed by atoms with van der Waals surface area (Å²) >= 11 is 7.35. The maximum atomic E-state index is 10.7. The Balaban J connectivity index is 2.18. The molecule has 100 valence electrons. The number of nitrogens with zero attached hydrogens (tertiary/aromatic N) is 2. The van der Waals surface area contributed by atoms with E-state index < -0.39 is 4.92 Å². The molecule has 4 nitrogen and oxygen atoms in total. The second kappa shape index (κ2) is 6.42. The first-order valence-electron chi connectivity index (χ1n) is 5.66. The summed E-state index contributed by atoms with van der Waals surface area (Å²) in [6.07, 6.45) is 0. The Morgan fingerprint density at radius 1 is 1.30 bits per heavy atom. The molecule has 2 rings (SSSR count). The minimum Gasteiger partial charge on any atom is -0.258 e. The average molecular weight is 305 g/mol. The Morgan fingerprint density at radius 3 is 2.75 bits per heavy atom. The third-order valence-electron chi connectivity index (χ3n) is 2.58. The van der Waals surface area contributed by atoms with Gasteiger partial charge in [-0.05, 0) is 23.8 Å². The van der Waals surface area contributed by atoms with Gasteiger partial charge >= 0.3 is 0 Å². The quantitative estimate of drug-likeness (QED) is 0.476. The molecule has 0 amide bonds. The van der Waals surface area contributed by atoms with Crippen LogP contribution in [-0.2, 0) is 5.75 Å². The SMILES string of the molecule is N#Cc1cc([N+](=O)[O-])ccc1SCc1cccc(Cl)c1. The van der Waals surface area contributed by atoms with E-state index in [9.17, 15) is 10.1 Å². The lowest BCUT2D eigenvalue weighted by Crippen LogP contribution is -1.90. The maximum Gasteiger partial charge on any atom is 0.270 e. The summed E-state index contributed by atoms with van der Waals surface area (Å²) in [7, 11) is 0. The molecular weight excluding hydrogens is 296 g/mol. The molecule has 2 aromatic rings. The lowest BCUT2D eigenvalue weighted by molar-refractivity contribution is -0.384. The average Bonchev–Trinajstić information content (AvgIpc) is 2.45. The highest BCUT2D eigenvalue weighted by molar-refractivity contribution is 7.98. The van der Waals surface area contributed by atoms with Crippen molar-refractivity contribution in [3.05, 3.63) is 68.7 Å². The van der Waals surface area contributed by atoms with E-state index in [1.54, 1.807) is 12.1 Å². The first-order valence-corrected chi connectivity index (χ1v) is 7.02. The van der Waals surface area contributed by atoms with Gasteiger partial charge in [-0.3, -0.25) is 10.1 Å². The van der Waals surface area contributed by atoms with E-state index in [4.69, 9.17) is 16.9 Å². The van der Waals surface area contributed by atoms with Gasteiger partial charge in [0.1, 0.15) is 6.07 Å². The van der Waals surface area contributed by atoms with Crippen LogP contribution in [0.5, 0.6) is 0 Å². The van der Waals surface area contributed by atoms with Gasteiger partial charge in [-0.1, -0.05) is 23.7 Å². The first kappa shape index (κ1) is 14.4. The summed E-state index contributed by atoms with van der Waals surface area (Å²) in [5, 5.41) is 20.4. The molecule has 0 atom stereocenters. The molecule has 20 heavy (non-hydrogen) atoms. The van der Waals surface area contributed by atoms with Gasteiger partial charge in [0.25, 0.3) is 5.69 Å². The highest BCUT2D eigenvalue weighted by Crippen LogP contribution is 2.29. The van der Waals surface area contributed by atoms with Crippen LogP contribution in [-0.4, -0.2) is 4.92 Å². The third kappa shape index (κ3) is 3.50. The van der Waals surface area contributed by atoms with Crippen molar-refractivity contribution in [1.82, 2.24) is 0 Å². The van der Waals surface area contributed by atoms with Crippen LogP contribution in [0.25, 0.3) is 0 Å². The third-order valence-corrected chi connectivity index (χ3v) is 3.96. The van der Waals surface area contributed by atoms with Crippen LogP contribution >= 0.6 is 23.4 Å². The smallest absolute Gasteiger partial charge is 0.258 e. The van der Waals surface area contributed by atoms with Crippen molar-refractivity contribution >= 4 is 29.1 Å². The molecule has 0 radical (unpaired) electrons. The zero-order valence-corrected chi connectivity index (χ0v) is 11.8. The lowest BCUT2D eigenvalue weighted by Gasteiger charge is -2.04. The summed E-state index contributed by atoms with van der Waals surface area (Å²) in [4.78, 5) is 10.9. The predicted molar refractivity (Wildman–Crippen MR) is 78.8 cm³/mol. The van der Waals surface area contributed by atoms with Gasteiger partial charge in [0.15, 0.2) is 0 Å². The molecule has 0 aliphatic carbocycles. The molecular formula is C14H9ClN2O2S. The number of hydrogen-bond acceptors (Lipinski definition) is 4. The Hall–Kier alpha value is -2.03. The predicted octanol–water partition coefficient (Wildman–Crippen LogP) is 4.41. The number of halogens is 1. The molecule has 0 saturated heterocycles. The number of non-ortho nitro benzene ring substituents is 1. The number of thioether (sulfide) groups is 1. The van der Waals surface area contributed by atoms with Gasteiger partial charge in [0, 0.05) is 27.8 Å². The second-order valence-corrected chi connectivity index (χ2v) is 5.42. The summed E-state index contributed by atoms with van der Waals surface area (Å²) < 4.78 is 0. The topological polar surface area (TPSA) is 66.9 Å². The summed E-state index contributed by atoms with van der Waals surface area (Å²) in [5.74, 6) is 0.646. The Morgan fingerprint density at radius 2 is 2.10 bits per heavy atom. The van der Waals surface area contributed by atoms with Gasteiger partial charge in [-0.2, -0.15) is 5.26 Å². The number of hydrogen-bond donors (Lipinski definition) is 0. The number of nitro groups is 1. The van der Waals surface area contributed by atoms with Crippen molar-refractivity contribution in [3.8, 4) is 6.07 Å². The molecule has 0 spiro atoms. The van der Waals surface area contributed by atoms with E-state index in [1.807, 2.05) is 24.3 Å². The molecule has 0 saturated carbocycles. The number of benzene rings is 2. The molecule has 0 bridgehead atoms. The van der Waals surface area contributed by atoms with E-state index in [0.29, 0.717) is 16.3 Å². The van der Waals surface area contributed by atoms with Gasteiger partial charge in [0.05, 0.1) is 10.5 Å². The largest absolute Gasteiger partial charge is 0.270 e. The van der Waals surface area contributed by atoms with Crippen molar-refractivity contribution < 1.29 is 4.92 Å². The molecule has 0 fully saturated rings. The van der Waals surface area contributed by atoms with E-state index >= 15 is 0 Å². The van der Waals surface area contributed by atoms with Crippen LogP contribution in [0.3, 0.4) is 0 Å². The van der Waals surface area contributed by atoms with Crippen molar-refractivity contribution in [2.24, 2.45) is 0 Å². The van der Waals surface area contributed by atoms with Crippen molar-refractivity contribution in [2.45, 2.75) is 10.6 Å². The molecule has 0 heterocycles. The lowest BCUT2D eigenvalue weighted by atomic mass is 10.2. The number of nitriles is 1. The zero-order chi connectivity index (χ0) is 14.5. The first-order chi connectivity index (χ1) is 9.60. The summed E-state index contributed by atoms with van der Waals surface area (Å²) in [5.41, 5.74) is 1.27. The molecule has 0 N–H and O–H groups in total.